The van der Waals surface area contributed by atoms with Gasteiger partial charge in [-0.15, -0.1) is 0 Å². The number of hydrogen-bond acceptors (Lipinski definition) is 5. The molecule has 0 saturated carbocycles. The second kappa shape index (κ2) is 6.60. The highest BCUT2D eigenvalue weighted by atomic mass is 32.2. The fraction of sp³-hybridized carbons (Fsp3) is 0.250. The van der Waals surface area contributed by atoms with Crippen LogP contribution >= 0.6 is 11.8 Å². The van der Waals surface area contributed by atoms with Crippen LogP contribution in [0.25, 0.3) is 11.2 Å². The van der Waals surface area contributed by atoms with Crippen LogP contribution in [0.15, 0.2) is 45.1 Å². The normalized spacial score (nSPS) is 11.1. The molecule has 3 aromatic rings. The molecule has 0 unspecified atom stereocenters. The van der Waals surface area contributed by atoms with Gasteiger partial charge in [0, 0.05) is 14.1 Å². The van der Waals surface area contributed by atoms with Gasteiger partial charge in [0.1, 0.15) is 0 Å². The lowest BCUT2D eigenvalue weighted by molar-refractivity contribution is -0.115. The first-order valence-corrected chi connectivity index (χ1v) is 8.50. The fourth-order valence-electron chi connectivity index (χ4n) is 2.59. The van der Waals surface area contributed by atoms with Gasteiger partial charge in [0.2, 0.25) is 5.91 Å². The molecule has 2 heterocycles. The molecule has 25 heavy (non-hydrogen) atoms. The monoisotopic (exact) mass is 359 g/mol. The quantitative estimate of drug-likeness (QED) is 0.649. The number of carbonyl (C=O) groups excluding carboxylic acids is 1. The Bertz CT molecular complexity index is 1070. The summed E-state index contributed by atoms with van der Waals surface area (Å²) in [7, 11) is 2.99. The van der Waals surface area contributed by atoms with Crippen LogP contribution < -0.4 is 17.0 Å². The largest absolute Gasteiger partial charge is 0.369 e. The number of fused-ring (bicyclic) bond motifs is 1. The topological polar surface area (TPSA) is 105 Å². The van der Waals surface area contributed by atoms with E-state index in [2.05, 4.69) is 4.98 Å². The summed E-state index contributed by atoms with van der Waals surface area (Å²) in [6.45, 7) is 0.395. The molecule has 0 aliphatic rings. The lowest BCUT2D eigenvalue weighted by Crippen LogP contribution is -2.37. The van der Waals surface area contributed by atoms with Crippen LogP contribution in [0.5, 0.6) is 0 Å². The average molecular weight is 359 g/mol. The molecule has 0 spiro atoms. The van der Waals surface area contributed by atoms with Crippen molar-refractivity contribution >= 4 is 28.8 Å². The zero-order valence-electron chi connectivity index (χ0n) is 13.8. The minimum absolute atomic E-state index is 0.0341. The number of nitrogens with zero attached hydrogens (tertiary/aromatic N) is 4. The fourth-order valence-corrected chi connectivity index (χ4v) is 3.32. The van der Waals surface area contributed by atoms with Crippen molar-refractivity contribution in [1.29, 1.82) is 0 Å². The van der Waals surface area contributed by atoms with Crippen molar-refractivity contribution in [3.8, 4) is 0 Å². The number of amides is 1. The van der Waals surface area contributed by atoms with E-state index in [1.165, 1.54) is 11.6 Å². The Morgan fingerprint density at radius 3 is 2.48 bits per heavy atom. The average Bonchev–Trinajstić information content (AvgIpc) is 2.95. The van der Waals surface area contributed by atoms with Crippen molar-refractivity contribution in [2.75, 3.05) is 5.75 Å². The van der Waals surface area contributed by atoms with E-state index in [0.29, 0.717) is 17.2 Å². The molecule has 1 amide bonds. The summed E-state index contributed by atoms with van der Waals surface area (Å²) in [5.41, 5.74) is 5.93. The Hall–Kier alpha value is -2.81. The van der Waals surface area contributed by atoms with E-state index < -0.39 is 17.2 Å². The highest BCUT2D eigenvalue weighted by molar-refractivity contribution is 7.99. The highest BCUT2D eigenvalue weighted by Crippen LogP contribution is 2.22. The molecule has 2 aromatic heterocycles. The molecule has 2 N–H and O–H groups in total. The molecule has 130 valence electrons. The summed E-state index contributed by atoms with van der Waals surface area (Å²) < 4.78 is 4.10. The summed E-state index contributed by atoms with van der Waals surface area (Å²) in [5, 5.41) is 0.468. The molecule has 9 heteroatoms. The molecule has 0 bridgehead atoms. The second-order valence-corrected chi connectivity index (χ2v) is 6.54. The summed E-state index contributed by atoms with van der Waals surface area (Å²) in [5.74, 6) is -0.447. The summed E-state index contributed by atoms with van der Waals surface area (Å²) in [6, 6.07) is 9.57. The third-order valence-corrected chi connectivity index (χ3v) is 4.84. The van der Waals surface area contributed by atoms with Gasteiger partial charge in [0.25, 0.3) is 5.56 Å². The van der Waals surface area contributed by atoms with Gasteiger partial charge < -0.3 is 10.3 Å². The van der Waals surface area contributed by atoms with Gasteiger partial charge in [-0.25, -0.2) is 9.78 Å². The first kappa shape index (κ1) is 17.0. The lowest BCUT2D eigenvalue weighted by atomic mass is 10.2. The Kier molecular flexibility index (Phi) is 4.49. The van der Waals surface area contributed by atoms with E-state index >= 15 is 0 Å². The lowest BCUT2D eigenvalue weighted by Gasteiger charge is -2.09. The third kappa shape index (κ3) is 3.10. The first-order chi connectivity index (χ1) is 11.9. The van der Waals surface area contributed by atoms with E-state index in [4.69, 9.17) is 5.73 Å². The molecule has 0 aliphatic carbocycles. The molecular formula is C16H17N5O3S. The number of imidazole rings is 1. The van der Waals surface area contributed by atoms with Crippen molar-refractivity contribution in [2.45, 2.75) is 11.7 Å². The van der Waals surface area contributed by atoms with E-state index in [9.17, 15) is 14.4 Å². The van der Waals surface area contributed by atoms with Crippen LogP contribution in [0.4, 0.5) is 0 Å². The predicted molar refractivity (Wildman–Crippen MR) is 95.7 cm³/mol. The summed E-state index contributed by atoms with van der Waals surface area (Å²) in [6.07, 6.45) is 0. The van der Waals surface area contributed by atoms with Gasteiger partial charge in [-0.2, -0.15) is 0 Å². The zero-order chi connectivity index (χ0) is 18.1. The van der Waals surface area contributed by atoms with Gasteiger partial charge in [-0.05, 0) is 5.56 Å². The maximum Gasteiger partial charge on any atom is 0.332 e. The molecule has 0 fully saturated rings. The van der Waals surface area contributed by atoms with Crippen LogP contribution in [0.2, 0.25) is 0 Å². The van der Waals surface area contributed by atoms with E-state index in [-0.39, 0.29) is 11.4 Å². The molecule has 0 atom stereocenters. The smallest absolute Gasteiger partial charge is 0.332 e. The molecular weight excluding hydrogens is 342 g/mol. The van der Waals surface area contributed by atoms with Crippen molar-refractivity contribution < 1.29 is 4.79 Å². The second-order valence-electron chi connectivity index (χ2n) is 5.60. The van der Waals surface area contributed by atoms with Crippen molar-refractivity contribution in [3.63, 3.8) is 0 Å². The number of primary amides is 1. The molecule has 3 rings (SSSR count). The number of aromatic nitrogens is 4. The van der Waals surface area contributed by atoms with E-state index in [0.717, 1.165) is 21.9 Å². The van der Waals surface area contributed by atoms with Crippen LogP contribution in [-0.4, -0.2) is 30.3 Å². The Morgan fingerprint density at radius 1 is 1.16 bits per heavy atom. The molecule has 0 saturated heterocycles. The molecule has 1 aromatic carbocycles. The maximum atomic E-state index is 12.7. The molecule has 0 aliphatic heterocycles. The van der Waals surface area contributed by atoms with E-state index in [1.807, 2.05) is 30.3 Å². The van der Waals surface area contributed by atoms with Crippen LogP contribution in [0.1, 0.15) is 5.56 Å². The molecule has 8 nitrogen and oxygen atoms in total. The van der Waals surface area contributed by atoms with Gasteiger partial charge >= 0.3 is 5.69 Å². The van der Waals surface area contributed by atoms with Crippen LogP contribution in [0.3, 0.4) is 0 Å². The zero-order valence-corrected chi connectivity index (χ0v) is 14.6. The van der Waals surface area contributed by atoms with Gasteiger partial charge in [0.15, 0.2) is 16.3 Å². The minimum atomic E-state index is -0.481. The van der Waals surface area contributed by atoms with Crippen molar-refractivity contribution in [1.82, 2.24) is 18.7 Å². The van der Waals surface area contributed by atoms with Gasteiger partial charge in [0.05, 0.1) is 12.3 Å². The minimum Gasteiger partial charge on any atom is -0.369 e. The maximum absolute atomic E-state index is 12.7. The number of thioether (sulfide) groups is 1. The number of carbonyl (C=O) groups is 1. The standard InChI is InChI=1S/C16H17N5O3S/c1-19-13-12(14(23)20(2)16(19)24)21(8-10-6-4-3-5-7-10)15(18-13)25-9-11(17)22/h3-7H,8-9H2,1-2H3,(H2,17,22). The van der Waals surface area contributed by atoms with Crippen LogP contribution in [0, 0.1) is 0 Å². The van der Waals surface area contributed by atoms with E-state index in [1.54, 1.807) is 11.6 Å². The SMILES string of the molecule is Cn1c(=O)c2c(nc(SCC(N)=O)n2Cc2ccccc2)n(C)c1=O. The first-order valence-electron chi connectivity index (χ1n) is 7.51. The number of hydrogen-bond donors (Lipinski definition) is 1. The Labute approximate surface area is 146 Å². The Balaban J connectivity index is 2.26. The van der Waals surface area contributed by atoms with Gasteiger partial charge in [-0.3, -0.25) is 18.7 Å². The summed E-state index contributed by atoms with van der Waals surface area (Å²) in [4.78, 5) is 40.3. The summed E-state index contributed by atoms with van der Waals surface area (Å²) >= 11 is 1.14. The van der Waals surface area contributed by atoms with Crippen molar-refractivity contribution in [2.24, 2.45) is 19.8 Å². The number of benzene rings is 1. The third-order valence-electron chi connectivity index (χ3n) is 3.84. The predicted octanol–water partition coefficient (Wildman–Crippen LogP) is 0.0594. The Morgan fingerprint density at radius 2 is 1.84 bits per heavy atom. The number of aryl methyl sites for hydroxylation is 1. The van der Waals surface area contributed by atoms with Crippen molar-refractivity contribution in [3.05, 3.63) is 56.7 Å². The number of rotatable bonds is 5. The van der Waals surface area contributed by atoms with Gasteiger partial charge in [-0.1, -0.05) is 42.1 Å². The molecule has 0 radical (unpaired) electrons. The number of nitrogens with two attached hydrogens (primary N) is 1. The highest BCUT2D eigenvalue weighted by Gasteiger charge is 2.20. The van der Waals surface area contributed by atoms with Crippen LogP contribution in [-0.2, 0) is 25.4 Å².